The molecule has 4 N–H and O–H groups in total. The predicted octanol–water partition coefficient (Wildman–Crippen LogP) is 2.60. The molecule has 2 heterocycles. The Kier molecular flexibility index (Phi) is 12.3. The molecule has 0 spiro atoms. The lowest BCUT2D eigenvalue weighted by Crippen LogP contribution is -2.59. The quantitative estimate of drug-likeness (QED) is 0.185. The van der Waals surface area contributed by atoms with Crippen molar-refractivity contribution in [2.45, 2.75) is 83.2 Å². The van der Waals surface area contributed by atoms with Gasteiger partial charge in [0.2, 0.25) is 29.9 Å². The van der Waals surface area contributed by atoms with Crippen LogP contribution in [0.25, 0.3) is 0 Å². The molecule has 6 atom stereocenters. The van der Waals surface area contributed by atoms with Crippen LogP contribution in [-0.2, 0) is 46.5 Å². The summed E-state index contributed by atoms with van der Waals surface area (Å²) in [6.07, 6.45) is -1.42. The van der Waals surface area contributed by atoms with Crippen molar-refractivity contribution in [3.63, 3.8) is 0 Å². The molecule has 51 heavy (non-hydrogen) atoms. The smallest absolute Gasteiger partial charge is 0.310 e. The normalized spacial score (nSPS) is 21.0. The molecule has 2 fully saturated rings. The van der Waals surface area contributed by atoms with Gasteiger partial charge < -0.3 is 40.2 Å². The van der Waals surface area contributed by atoms with E-state index >= 15 is 0 Å². The molecule has 0 bridgehead atoms. The van der Waals surface area contributed by atoms with E-state index in [2.05, 4.69) is 16.0 Å². The number of cyclic esters (lactones) is 1. The maximum absolute atomic E-state index is 14.3. The predicted molar refractivity (Wildman–Crippen MR) is 185 cm³/mol. The molecule has 0 radical (unpaired) electrons. The second-order valence-corrected chi connectivity index (χ2v) is 13.1. The summed E-state index contributed by atoms with van der Waals surface area (Å²) in [5, 5.41) is 18.0. The molecule has 13 nitrogen and oxygen atoms in total. The van der Waals surface area contributed by atoms with E-state index in [0.717, 1.165) is 5.56 Å². The van der Waals surface area contributed by atoms with Crippen molar-refractivity contribution in [2.75, 3.05) is 6.54 Å². The highest BCUT2D eigenvalue weighted by Crippen LogP contribution is 2.27. The fraction of sp³-hybridized carbons (Fsp3) is 0.395. The van der Waals surface area contributed by atoms with Crippen LogP contribution in [0.15, 0.2) is 84.9 Å². The number of hydrogen-bond acceptors (Lipinski definition) is 9. The molecule has 13 heteroatoms. The minimum atomic E-state index is -1.06. The SMILES string of the molecule is CC(=O)N[C@@H](Cc1ccc(O)cc1)C(=O)N[C@H](C(=O)N1CC(Oc2ccccc2)C[C@H]1C(=O)NC1CC(=O)OC1OCc1ccccc1)C(C)C. The largest absolute Gasteiger partial charge is 0.508 e. The number of carbonyl (C=O) groups is 5. The van der Waals surface area contributed by atoms with Crippen molar-refractivity contribution >= 4 is 29.6 Å². The van der Waals surface area contributed by atoms with Crippen molar-refractivity contribution in [3.05, 3.63) is 96.1 Å². The number of ether oxygens (including phenoxy) is 3. The topological polar surface area (TPSA) is 173 Å². The van der Waals surface area contributed by atoms with E-state index in [1.54, 1.807) is 38.1 Å². The third kappa shape index (κ3) is 10.1. The Morgan fingerprint density at radius 1 is 0.922 bits per heavy atom. The van der Waals surface area contributed by atoms with Gasteiger partial charge >= 0.3 is 5.97 Å². The van der Waals surface area contributed by atoms with Crippen molar-refractivity contribution in [1.29, 1.82) is 0 Å². The highest BCUT2D eigenvalue weighted by atomic mass is 16.7. The van der Waals surface area contributed by atoms with E-state index in [0.29, 0.717) is 11.3 Å². The van der Waals surface area contributed by atoms with Gasteiger partial charge in [-0.2, -0.15) is 0 Å². The molecule has 0 saturated carbocycles. The number of nitrogens with one attached hydrogen (secondary N) is 3. The van der Waals surface area contributed by atoms with Crippen molar-refractivity contribution in [3.8, 4) is 11.5 Å². The third-order valence-electron chi connectivity index (χ3n) is 8.74. The molecule has 2 saturated heterocycles. The third-order valence-corrected chi connectivity index (χ3v) is 8.74. The summed E-state index contributed by atoms with van der Waals surface area (Å²) < 4.78 is 17.4. The summed E-state index contributed by atoms with van der Waals surface area (Å²) in [7, 11) is 0. The number of likely N-dealkylation sites (tertiary alicyclic amines) is 1. The van der Waals surface area contributed by atoms with Gasteiger partial charge in [0.25, 0.3) is 0 Å². The van der Waals surface area contributed by atoms with Crippen molar-refractivity contribution in [2.24, 2.45) is 5.92 Å². The number of carbonyl (C=O) groups excluding carboxylic acids is 5. The van der Waals surface area contributed by atoms with E-state index in [-0.39, 0.29) is 38.2 Å². The maximum atomic E-state index is 14.3. The Morgan fingerprint density at radius 2 is 1.59 bits per heavy atom. The van der Waals surface area contributed by atoms with Crippen LogP contribution >= 0.6 is 0 Å². The van der Waals surface area contributed by atoms with Crippen molar-refractivity contribution < 1.29 is 43.3 Å². The molecular weight excluding hydrogens is 656 g/mol. The van der Waals surface area contributed by atoms with Crippen LogP contribution in [0.4, 0.5) is 0 Å². The number of amides is 4. The molecule has 3 unspecified atom stereocenters. The fourth-order valence-corrected chi connectivity index (χ4v) is 6.17. The van der Waals surface area contributed by atoms with Gasteiger partial charge in [-0.3, -0.25) is 24.0 Å². The van der Waals surface area contributed by atoms with Crippen LogP contribution in [0.3, 0.4) is 0 Å². The highest BCUT2D eigenvalue weighted by Gasteiger charge is 2.46. The van der Waals surface area contributed by atoms with E-state index < -0.39 is 72.1 Å². The number of phenolic OH excluding ortho intramolecular Hbond substituents is 1. The number of nitrogens with zero attached hydrogens (tertiary/aromatic N) is 1. The number of esters is 1. The summed E-state index contributed by atoms with van der Waals surface area (Å²) in [4.78, 5) is 67.8. The Balaban J connectivity index is 1.33. The molecule has 270 valence electrons. The van der Waals surface area contributed by atoms with E-state index in [9.17, 15) is 29.1 Å². The van der Waals surface area contributed by atoms with Crippen LogP contribution in [0.5, 0.6) is 11.5 Å². The van der Waals surface area contributed by atoms with Gasteiger partial charge in [-0.1, -0.05) is 74.5 Å². The van der Waals surface area contributed by atoms with E-state index in [4.69, 9.17) is 14.2 Å². The summed E-state index contributed by atoms with van der Waals surface area (Å²) in [5.41, 5.74) is 1.55. The first-order chi connectivity index (χ1) is 24.5. The number of rotatable bonds is 14. The number of benzene rings is 3. The Hall–Kier alpha value is -5.43. The Bertz CT molecular complexity index is 1670. The second kappa shape index (κ2) is 17.0. The monoisotopic (exact) mass is 700 g/mol. The lowest BCUT2D eigenvalue weighted by Gasteiger charge is -2.32. The van der Waals surface area contributed by atoms with Gasteiger partial charge in [0.1, 0.15) is 41.8 Å². The zero-order valence-electron chi connectivity index (χ0n) is 28.8. The number of hydrogen-bond donors (Lipinski definition) is 4. The molecule has 0 aliphatic carbocycles. The molecule has 4 amide bonds. The van der Waals surface area contributed by atoms with Gasteiger partial charge in [0.05, 0.1) is 19.6 Å². The summed E-state index contributed by atoms with van der Waals surface area (Å²) >= 11 is 0. The van der Waals surface area contributed by atoms with Gasteiger partial charge in [0.15, 0.2) is 0 Å². The van der Waals surface area contributed by atoms with Crippen LogP contribution in [0.2, 0.25) is 0 Å². The standard InChI is InChI=1S/C38H44N4O9/c1-23(2)34(41-35(46)30(39-24(3)43)18-25-14-16-27(44)17-15-25)37(48)42-21-29(50-28-12-8-5-9-13-28)19-32(42)36(47)40-31-20-33(45)51-38(31)49-22-26-10-6-4-7-11-26/h4-17,23,29-32,34,38,44H,18-22H2,1-3H3,(H,39,43)(H,40,47)(H,41,46)/t29?,30-,31?,32-,34-,38?/m0/s1. The van der Waals surface area contributed by atoms with E-state index in [1.165, 1.54) is 24.0 Å². The van der Waals surface area contributed by atoms with Gasteiger partial charge in [-0.15, -0.1) is 0 Å². The van der Waals surface area contributed by atoms with Gasteiger partial charge in [0, 0.05) is 19.8 Å². The van der Waals surface area contributed by atoms with Crippen LogP contribution in [0, 0.1) is 5.92 Å². The van der Waals surface area contributed by atoms with E-state index in [1.807, 2.05) is 48.5 Å². The first kappa shape index (κ1) is 36.8. The lowest BCUT2D eigenvalue weighted by molar-refractivity contribution is -0.168. The molecule has 5 rings (SSSR count). The summed E-state index contributed by atoms with van der Waals surface area (Å²) in [5.74, 6) is -2.32. The number of para-hydroxylation sites is 1. The minimum absolute atomic E-state index is 0.0571. The zero-order valence-corrected chi connectivity index (χ0v) is 28.8. The average Bonchev–Trinajstić information content (AvgIpc) is 3.69. The lowest BCUT2D eigenvalue weighted by atomic mass is 10.00. The van der Waals surface area contributed by atoms with Gasteiger partial charge in [-0.05, 0) is 41.3 Å². The average molecular weight is 701 g/mol. The van der Waals surface area contributed by atoms with Crippen LogP contribution in [-0.4, -0.2) is 82.7 Å². The molecule has 3 aromatic rings. The first-order valence-electron chi connectivity index (χ1n) is 17.0. The van der Waals surface area contributed by atoms with Crippen molar-refractivity contribution in [1.82, 2.24) is 20.9 Å². The second-order valence-electron chi connectivity index (χ2n) is 13.1. The number of aromatic hydroxyl groups is 1. The summed E-state index contributed by atoms with van der Waals surface area (Å²) in [6, 6.07) is 20.8. The Labute approximate surface area is 296 Å². The molecule has 2 aliphatic heterocycles. The van der Waals surface area contributed by atoms with Gasteiger partial charge in [-0.25, -0.2) is 0 Å². The number of phenols is 1. The minimum Gasteiger partial charge on any atom is -0.508 e. The summed E-state index contributed by atoms with van der Waals surface area (Å²) in [6.45, 7) is 5.06. The fourth-order valence-electron chi connectivity index (χ4n) is 6.17. The zero-order chi connectivity index (χ0) is 36.5. The molecular formula is C38H44N4O9. The maximum Gasteiger partial charge on any atom is 0.310 e. The molecule has 2 aliphatic rings. The Morgan fingerprint density at radius 3 is 2.24 bits per heavy atom. The highest BCUT2D eigenvalue weighted by molar-refractivity contribution is 5.95. The molecule has 3 aromatic carbocycles. The first-order valence-corrected chi connectivity index (χ1v) is 17.0. The van der Waals surface area contributed by atoms with Crippen LogP contribution < -0.4 is 20.7 Å². The molecule has 0 aromatic heterocycles. The van der Waals surface area contributed by atoms with Crippen LogP contribution in [0.1, 0.15) is 44.7 Å².